The van der Waals surface area contributed by atoms with Gasteiger partial charge in [0.05, 0.1) is 7.11 Å². The van der Waals surface area contributed by atoms with Crippen LogP contribution in [0.4, 0.5) is 22.0 Å². The third-order valence-electron chi connectivity index (χ3n) is 0.639. The van der Waals surface area contributed by atoms with E-state index in [1.807, 2.05) is 0 Å². The zero-order chi connectivity index (χ0) is 9.99. The lowest BCUT2D eigenvalue weighted by Crippen LogP contribution is -2.39. The third kappa shape index (κ3) is 2.99. The van der Waals surface area contributed by atoms with E-state index in [1.54, 1.807) is 0 Å². The molecule has 74 valence electrons. The van der Waals surface area contributed by atoms with Crippen LogP contribution in [0.15, 0.2) is 0 Å². The molecule has 0 bridgehead atoms. The van der Waals surface area contributed by atoms with E-state index in [0.717, 1.165) is 0 Å². The minimum atomic E-state index is -5.90. The average Bonchev–Trinajstić information content (AvgIpc) is 1.84. The van der Waals surface area contributed by atoms with Crippen LogP contribution in [-0.4, -0.2) is 23.6 Å². The molecular weight excluding hydrogens is 211 g/mol. The quantitative estimate of drug-likeness (QED) is 0.666. The molecule has 12 heavy (non-hydrogen) atoms. The van der Waals surface area contributed by atoms with Gasteiger partial charge in [0.25, 0.3) is 0 Å². The summed E-state index contributed by atoms with van der Waals surface area (Å²) < 4.78 is 73.5. The summed E-state index contributed by atoms with van der Waals surface area (Å²) in [5, 5.41) is 0. The van der Waals surface area contributed by atoms with Crippen LogP contribution < -0.4 is 0 Å². The van der Waals surface area contributed by atoms with Gasteiger partial charge in [-0.05, 0) is 0 Å². The minimum absolute atomic E-state index is 0.655. The number of alkyl halides is 5. The Kier molecular flexibility index (Phi) is 3.54. The maximum absolute atomic E-state index is 11.7. The summed E-state index contributed by atoms with van der Waals surface area (Å²) in [5.41, 5.74) is 0. The van der Waals surface area contributed by atoms with Gasteiger partial charge in [0.2, 0.25) is 0 Å². The predicted octanol–water partition coefficient (Wildman–Crippen LogP) is 1.38. The highest BCUT2D eigenvalue weighted by molar-refractivity contribution is 7.75. The van der Waals surface area contributed by atoms with Crippen molar-refractivity contribution in [1.29, 1.82) is 0 Å². The van der Waals surface area contributed by atoms with Crippen LogP contribution in [-0.2, 0) is 19.7 Å². The van der Waals surface area contributed by atoms with Crippen molar-refractivity contribution in [2.24, 2.45) is 0 Å². The molecule has 0 radical (unpaired) electrons. The molecule has 9 heteroatoms. The topological polar surface area (TPSA) is 35.5 Å². The van der Waals surface area contributed by atoms with E-state index >= 15 is 0 Å². The summed E-state index contributed by atoms with van der Waals surface area (Å²) >= 11 is -3.11. The highest BCUT2D eigenvalue weighted by Gasteiger charge is 2.61. The predicted molar refractivity (Wildman–Crippen MR) is 27.2 cm³/mol. The maximum Gasteiger partial charge on any atom is 0.484 e. The third-order valence-corrected chi connectivity index (χ3v) is 1.26. The first-order valence-corrected chi connectivity index (χ1v) is 3.31. The van der Waals surface area contributed by atoms with Gasteiger partial charge >= 0.3 is 23.6 Å². The SMILES string of the molecule is COS(=O)OC(F)(F)C(F)(F)F. The lowest BCUT2D eigenvalue weighted by atomic mass is 10.6. The first-order valence-electron chi connectivity index (χ1n) is 2.31. The molecule has 3 nitrogen and oxygen atoms in total. The summed E-state index contributed by atoms with van der Waals surface area (Å²) in [6, 6.07) is 0. The Morgan fingerprint density at radius 3 is 1.83 bits per heavy atom. The van der Waals surface area contributed by atoms with Gasteiger partial charge in [0.1, 0.15) is 0 Å². The highest BCUT2D eigenvalue weighted by Crippen LogP contribution is 2.36. The van der Waals surface area contributed by atoms with Gasteiger partial charge in [-0.1, -0.05) is 0 Å². The number of hydrogen-bond acceptors (Lipinski definition) is 3. The van der Waals surface area contributed by atoms with Crippen LogP contribution in [0.1, 0.15) is 0 Å². The van der Waals surface area contributed by atoms with Crippen LogP contribution in [0, 0.1) is 0 Å². The monoisotopic (exact) mass is 214 g/mol. The summed E-state index contributed by atoms with van der Waals surface area (Å²) in [6.45, 7) is 0. The Hall–Kier alpha value is -0.280. The highest BCUT2D eigenvalue weighted by atomic mass is 32.2. The largest absolute Gasteiger partial charge is 0.484 e. The van der Waals surface area contributed by atoms with Crippen molar-refractivity contribution >= 4 is 11.4 Å². The fourth-order valence-corrected chi connectivity index (χ4v) is 0.500. The molecule has 0 saturated heterocycles. The Bertz CT molecular complexity index is 177. The molecule has 0 spiro atoms. The number of halogens is 5. The smallest absolute Gasteiger partial charge is 0.272 e. The first-order chi connectivity index (χ1) is 5.20. The van der Waals surface area contributed by atoms with Crippen molar-refractivity contribution in [3.05, 3.63) is 0 Å². The summed E-state index contributed by atoms with van der Waals surface area (Å²) in [4.78, 5) is 0. The molecule has 0 N–H and O–H groups in total. The molecule has 0 aliphatic carbocycles. The first kappa shape index (κ1) is 11.7. The Morgan fingerprint density at radius 1 is 1.17 bits per heavy atom. The van der Waals surface area contributed by atoms with E-state index in [0.29, 0.717) is 7.11 Å². The molecule has 0 aromatic carbocycles. The molecular formula is C3H3F5O3S. The van der Waals surface area contributed by atoms with Crippen molar-refractivity contribution in [2.45, 2.75) is 12.3 Å². The zero-order valence-corrected chi connectivity index (χ0v) is 6.34. The van der Waals surface area contributed by atoms with E-state index in [4.69, 9.17) is 0 Å². The molecule has 0 aromatic rings. The van der Waals surface area contributed by atoms with Gasteiger partial charge in [-0.2, -0.15) is 30.3 Å². The molecule has 0 fully saturated rings. The molecule has 1 atom stereocenters. The normalized spacial score (nSPS) is 16.2. The number of rotatable bonds is 3. The molecule has 0 aliphatic rings. The summed E-state index contributed by atoms with van der Waals surface area (Å²) in [7, 11) is 0.655. The van der Waals surface area contributed by atoms with E-state index in [9.17, 15) is 26.2 Å². The van der Waals surface area contributed by atoms with Crippen molar-refractivity contribution in [1.82, 2.24) is 0 Å². The lowest BCUT2D eigenvalue weighted by molar-refractivity contribution is -0.359. The second-order valence-corrected chi connectivity index (χ2v) is 2.38. The average molecular weight is 214 g/mol. The van der Waals surface area contributed by atoms with Crippen molar-refractivity contribution in [2.75, 3.05) is 7.11 Å². The Morgan fingerprint density at radius 2 is 1.58 bits per heavy atom. The van der Waals surface area contributed by atoms with E-state index in [-0.39, 0.29) is 0 Å². The fourth-order valence-electron chi connectivity index (χ4n) is 0.167. The van der Waals surface area contributed by atoms with Crippen molar-refractivity contribution < 1.29 is 34.5 Å². The van der Waals surface area contributed by atoms with Gasteiger partial charge in [-0.25, -0.2) is 0 Å². The maximum atomic E-state index is 11.7. The Balaban J connectivity index is 4.33. The minimum Gasteiger partial charge on any atom is -0.272 e. The van der Waals surface area contributed by atoms with E-state index < -0.39 is 23.6 Å². The van der Waals surface area contributed by atoms with E-state index in [1.165, 1.54) is 0 Å². The van der Waals surface area contributed by atoms with Gasteiger partial charge < -0.3 is 0 Å². The van der Waals surface area contributed by atoms with Gasteiger partial charge in [-0.3, -0.25) is 4.18 Å². The second kappa shape index (κ2) is 3.62. The molecule has 0 rings (SSSR count). The van der Waals surface area contributed by atoms with Crippen molar-refractivity contribution in [3.63, 3.8) is 0 Å². The van der Waals surface area contributed by atoms with Crippen molar-refractivity contribution in [3.8, 4) is 0 Å². The van der Waals surface area contributed by atoms with Gasteiger partial charge in [-0.15, -0.1) is 0 Å². The van der Waals surface area contributed by atoms with Crippen LogP contribution in [0.2, 0.25) is 0 Å². The van der Waals surface area contributed by atoms with Crippen LogP contribution in [0.25, 0.3) is 0 Å². The molecule has 1 unspecified atom stereocenters. The number of hydrogen-bond donors (Lipinski definition) is 0. The Labute approximate surface area is 66.3 Å². The van der Waals surface area contributed by atoms with Crippen LogP contribution >= 0.6 is 0 Å². The summed E-state index contributed by atoms with van der Waals surface area (Å²) in [5.74, 6) is 0. The van der Waals surface area contributed by atoms with E-state index in [2.05, 4.69) is 8.37 Å². The molecule has 0 aliphatic heterocycles. The van der Waals surface area contributed by atoms with Gasteiger partial charge in [0, 0.05) is 0 Å². The standard InChI is InChI=1S/C3H3F5O3S/c1-10-12(9)11-3(7,8)2(4,5)6/h1H3. The lowest BCUT2D eigenvalue weighted by Gasteiger charge is -2.16. The molecule has 0 saturated carbocycles. The van der Waals surface area contributed by atoms with Gasteiger partial charge in [0.15, 0.2) is 0 Å². The van der Waals surface area contributed by atoms with Crippen LogP contribution in [0.5, 0.6) is 0 Å². The summed E-state index contributed by atoms with van der Waals surface area (Å²) in [6.07, 6.45) is -11.4. The fraction of sp³-hybridized carbons (Fsp3) is 1.00. The molecule has 0 heterocycles. The zero-order valence-electron chi connectivity index (χ0n) is 5.52. The molecule has 0 aromatic heterocycles. The molecule has 0 amide bonds. The van der Waals surface area contributed by atoms with Crippen LogP contribution in [0.3, 0.4) is 0 Å². The second-order valence-electron chi connectivity index (χ2n) is 1.47.